The van der Waals surface area contributed by atoms with Gasteiger partial charge in [0.25, 0.3) is 0 Å². The molecule has 28 heavy (non-hydrogen) atoms. The number of halogens is 3. The number of rotatable bonds is 4. The largest absolute Gasteiger partial charge is 0.466 e. The summed E-state index contributed by atoms with van der Waals surface area (Å²) in [4.78, 5) is 11.6. The molecule has 2 unspecified atom stereocenters. The minimum Gasteiger partial charge on any atom is -0.466 e. The first-order valence-electron chi connectivity index (χ1n) is 10.4. The minimum absolute atomic E-state index is 0.180. The van der Waals surface area contributed by atoms with Gasteiger partial charge in [-0.25, -0.2) is 0 Å². The molecule has 1 aromatic carbocycles. The first-order chi connectivity index (χ1) is 13.3. The highest BCUT2D eigenvalue weighted by Crippen LogP contribution is 2.38. The zero-order valence-electron chi connectivity index (χ0n) is 16.6. The Labute approximate surface area is 165 Å². The summed E-state index contributed by atoms with van der Waals surface area (Å²) in [5.41, 5.74) is 5.85. The third-order valence-electron chi connectivity index (χ3n) is 5.65. The Morgan fingerprint density at radius 3 is 2.21 bits per heavy atom. The molecule has 0 aliphatic heterocycles. The van der Waals surface area contributed by atoms with E-state index in [1.165, 1.54) is 25.7 Å². The van der Waals surface area contributed by atoms with Gasteiger partial charge in [-0.05, 0) is 68.6 Å². The van der Waals surface area contributed by atoms with E-state index in [-0.39, 0.29) is 17.8 Å². The Morgan fingerprint density at radius 2 is 1.71 bits per heavy atom. The lowest BCUT2D eigenvalue weighted by Crippen LogP contribution is -2.19. The standard InChI is InChI=1S/C17H21F3O2.C5H11N/c1-2-22-16(21)11-12-4-3-5-14(10-12)13-6-8-15(9-7-13)17(18,19)20;6-5-3-1-2-4-5/h6-9,12,14H,2-5,10-11H2,1H3;5H,1-4,6H2. The van der Waals surface area contributed by atoms with Gasteiger partial charge < -0.3 is 10.5 Å². The topological polar surface area (TPSA) is 52.3 Å². The van der Waals surface area contributed by atoms with E-state index in [1.807, 2.05) is 0 Å². The molecular formula is C22H32F3NO2. The number of carbonyl (C=O) groups is 1. The second-order valence-corrected chi connectivity index (χ2v) is 7.90. The Hall–Kier alpha value is -1.56. The van der Waals surface area contributed by atoms with Crippen LogP contribution in [0.25, 0.3) is 0 Å². The molecule has 0 radical (unpaired) electrons. The van der Waals surface area contributed by atoms with Crippen molar-refractivity contribution in [3.63, 3.8) is 0 Å². The number of hydrogen-bond donors (Lipinski definition) is 1. The fraction of sp³-hybridized carbons (Fsp3) is 0.682. The van der Waals surface area contributed by atoms with Crippen LogP contribution in [0, 0.1) is 5.92 Å². The summed E-state index contributed by atoms with van der Waals surface area (Å²) in [7, 11) is 0. The van der Waals surface area contributed by atoms with Gasteiger partial charge in [-0.2, -0.15) is 13.2 Å². The second kappa shape index (κ2) is 10.8. The predicted octanol–water partition coefficient (Wildman–Crippen LogP) is 5.82. The van der Waals surface area contributed by atoms with Crippen molar-refractivity contribution in [3.05, 3.63) is 35.4 Å². The summed E-state index contributed by atoms with van der Waals surface area (Å²) < 4.78 is 42.7. The van der Waals surface area contributed by atoms with Crippen LogP contribution < -0.4 is 5.73 Å². The first kappa shape index (κ1) is 22.7. The fourth-order valence-corrected chi connectivity index (χ4v) is 4.14. The molecule has 1 aromatic rings. The Bertz CT molecular complexity index is 595. The lowest BCUT2D eigenvalue weighted by molar-refractivity contribution is -0.144. The molecule has 0 saturated heterocycles. The van der Waals surface area contributed by atoms with Crippen molar-refractivity contribution in [1.29, 1.82) is 0 Å². The number of carbonyl (C=O) groups excluding carboxylic acids is 1. The molecule has 0 bridgehead atoms. The normalized spacial score (nSPS) is 23.0. The summed E-state index contributed by atoms with van der Waals surface area (Å²) in [6.45, 7) is 2.16. The minimum atomic E-state index is -4.29. The number of esters is 1. The van der Waals surface area contributed by atoms with E-state index >= 15 is 0 Å². The lowest BCUT2D eigenvalue weighted by Gasteiger charge is -2.29. The second-order valence-electron chi connectivity index (χ2n) is 7.90. The van der Waals surface area contributed by atoms with Crippen LogP contribution in [-0.4, -0.2) is 18.6 Å². The van der Waals surface area contributed by atoms with Crippen molar-refractivity contribution >= 4 is 5.97 Å². The van der Waals surface area contributed by atoms with Crippen molar-refractivity contribution in [2.75, 3.05) is 6.61 Å². The van der Waals surface area contributed by atoms with Crippen LogP contribution in [0.1, 0.15) is 81.8 Å². The number of benzene rings is 1. The van der Waals surface area contributed by atoms with E-state index in [9.17, 15) is 18.0 Å². The highest BCUT2D eigenvalue weighted by atomic mass is 19.4. The maximum Gasteiger partial charge on any atom is 0.416 e. The summed E-state index contributed by atoms with van der Waals surface area (Å²) >= 11 is 0. The average Bonchev–Trinajstić information content (AvgIpc) is 3.13. The molecule has 2 fully saturated rings. The molecule has 6 heteroatoms. The zero-order valence-corrected chi connectivity index (χ0v) is 16.6. The highest BCUT2D eigenvalue weighted by molar-refractivity contribution is 5.69. The van der Waals surface area contributed by atoms with Crippen LogP contribution in [0.3, 0.4) is 0 Å². The molecule has 0 heterocycles. The molecule has 2 aliphatic rings. The molecular weight excluding hydrogens is 367 g/mol. The van der Waals surface area contributed by atoms with Crippen LogP contribution in [0.5, 0.6) is 0 Å². The monoisotopic (exact) mass is 399 g/mol. The Morgan fingerprint density at radius 1 is 1.07 bits per heavy atom. The van der Waals surface area contributed by atoms with E-state index in [1.54, 1.807) is 19.1 Å². The molecule has 2 atom stereocenters. The molecule has 0 amide bonds. The molecule has 3 nitrogen and oxygen atoms in total. The van der Waals surface area contributed by atoms with Crippen molar-refractivity contribution in [3.8, 4) is 0 Å². The molecule has 2 aliphatic carbocycles. The van der Waals surface area contributed by atoms with Crippen LogP contribution in [-0.2, 0) is 15.7 Å². The van der Waals surface area contributed by atoms with Crippen LogP contribution in [0.15, 0.2) is 24.3 Å². The smallest absolute Gasteiger partial charge is 0.416 e. The predicted molar refractivity (Wildman–Crippen MR) is 104 cm³/mol. The van der Waals surface area contributed by atoms with E-state index in [0.29, 0.717) is 19.1 Å². The number of ether oxygens (including phenoxy) is 1. The van der Waals surface area contributed by atoms with Gasteiger partial charge in [0.2, 0.25) is 0 Å². The van der Waals surface area contributed by atoms with Gasteiger partial charge in [0.1, 0.15) is 0 Å². The quantitative estimate of drug-likeness (QED) is 0.649. The summed E-state index contributed by atoms with van der Waals surface area (Å²) in [6.07, 6.45) is 5.14. The van der Waals surface area contributed by atoms with E-state index < -0.39 is 11.7 Å². The number of nitrogens with two attached hydrogens (primary N) is 1. The Kier molecular flexibility index (Phi) is 8.80. The molecule has 2 saturated carbocycles. The van der Waals surface area contributed by atoms with Gasteiger partial charge in [-0.1, -0.05) is 31.4 Å². The average molecular weight is 399 g/mol. The maximum atomic E-state index is 12.6. The molecule has 158 valence electrons. The number of hydrogen-bond acceptors (Lipinski definition) is 3. The highest BCUT2D eigenvalue weighted by Gasteiger charge is 2.31. The molecule has 0 spiro atoms. The van der Waals surface area contributed by atoms with E-state index in [2.05, 4.69) is 0 Å². The van der Waals surface area contributed by atoms with Gasteiger partial charge in [0.05, 0.1) is 12.2 Å². The van der Waals surface area contributed by atoms with Crippen molar-refractivity contribution in [2.24, 2.45) is 11.7 Å². The van der Waals surface area contributed by atoms with Gasteiger partial charge >= 0.3 is 12.1 Å². The summed E-state index contributed by atoms with van der Waals surface area (Å²) in [6, 6.07) is 5.97. The van der Waals surface area contributed by atoms with Crippen molar-refractivity contribution in [2.45, 2.75) is 82.8 Å². The van der Waals surface area contributed by atoms with Crippen molar-refractivity contribution < 1.29 is 22.7 Å². The van der Waals surface area contributed by atoms with Crippen LogP contribution in [0.4, 0.5) is 13.2 Å². The maximum absolute atomic E-state index is 12.6. The lowest BCUT2D eigenvalue weighted by atomic mass is 9.77. The number of alkyl halides is 3. The first-order valence-corrected chi connectivity index (χ1v) is 10.4. The zero-order chi connectivity index (χ0) is 20.6. The molecule has 2 N–H and O–H groups in total. The Balaban J connectivity index is 0.000000397. The van der Waals surface area contributed by atoms with Gasteiger partial charge in [0, 0.05) is 12.5 Å². The van der Waals surface area contributed by atoms with Crippen LogP contribution >= 0.6 is 0 Å². The van der Waals surface area contributed by atoms with Gasteiger partial charge in [0.15, 0.2) is 0 Å². The van der Waals surface area contributed by atoms with E-state index in [0.717, 1.165) is 43.4 Å². The van der Waals surface area contributed by atoms with Crippen LogP contribution in [0.2, 0.25) is 0 Å². The van der Waals surface area contributed by atoms with Gasteiger partial charge in [-0.15, -0.1) is 0 Å². The van der Waals surface area contributed by atoms with Crippen molar-refractivity contribution in [1.82, 2.24) is 0 Å². The molecule has 0 aromatic heterocycles. The third-order valence-corrected chi connectivity index (χ3v) is 5.65. The summed E-state index contributed by atoms with van der Waals surface area (Å²) in [5, 5.41) is 0. The molecule has 3 rings (SSSR count). The van der Waals surface area contributed by atoms with Gasteiger partial charge in [-0.3, -0.25) is 4.79 Å². The fourth-order valence-electron chi connectivity index (χ4n) is 4.14. The SMILES string of the molecule is CCOC(=O)CC1CCCC(c2ccc(C(F)(F)F)cc2)C1.NC1CCCC1. The summed E-state index contributed by atoms with van der Waals surface area (Å²) in [5.74, 6) is 0.316. The van der Waals surface area contributed by atoms with E-state index in [4.69, 9.17) is 10.5 Å². The third kappa shape index (κ3) is 7.46.